The molecule has 0 amide bonds. The number of oxime groups is 1. The Hall–Kier alpha value is -1.37. The van der Waals surface area contributed by atoms with Crippen LogP contribution in [0.2, 0.25) is 0 Å². The van der Waals surface area contributed by atoms with Gasteiger partial charge in [0.25, 0.3) is 0 Å². The summed E-state index contributed by atoms with van der Waals surface area (Å²) in [7, 11) is 0. The Balaban J connectivity index is 3.46. The van der Waals surface area contributed by atoms with Crippen LogP contribution < -0.4 is 0 Å². The van der Waals surface area contributed by atoms with Gasteiger partial charge in [-0.3, -0.25) is 0 Å². The fourth-order valence-corrected chi connectivity index (χ4v) is 0.365. The highest BCUT2D eigenvalue weighted by molar-refractivity contribution is 5.67. The zero-order chi connectivity index (χ0) is 8.69. The lowest BCUT2D eigenvalue weighted by molar-refractivity contribution is -0.140. The summed E-state index contributed by atoms with van der Waals surface area (Å²) in [5.74, 6) is -0.542. The van der Waals surface area contributed by atoms with E-state index in [1.165, 1.54) is 13.1 Å². The van der Waals surface area contributed by atoms with E-state index in [0.29, 0.717) is 6.42 Å². The van der Waals surface area contributed by atoms with E-state index < -0.39 is 5.97 Å². The van der Waals surface area contributed by atoms with Gasteiger partial charge >= 0.3 is 5.97 Å². The molecule has 0 radical (unpaired) electrons. The number of rotatable bonds is 3. The average molecular weight is 154 g/mol. The van der Waals surface area contributed by atoms with E-state index in [-0.39, 0.29) is 5.92 Å². The quantitative estimate of drug-likeness (QED) is 0.347. The van der Waals surface area contributed by atoms with Crippen LogP contribution in [0.15, 0.2) is 5.16 Å². The minimum absolute atomic E-state index is 0.0886. The summed E-state index contributed by atoms with van der Waals surface area (Å²) in [6.07, 6.45) is 1.92. The standard InChI is InChI=1S/C7H10N2O2/c1-6(5-8)3-4-9-11-7(2)10/h4,6H,3H2,1-2H3/b9-4+. The molecule has 0 heterocycles. The predicted molar refractivity (Wildman–Crippen MR) is 39.7 cm³/mol. The molecule has 0 aliphatic rings. The van der Waals surface area contributed by atoms with Crippen molar-refractivity contribution in [3.05, 3.63) is 0 Å². The summed E-state index contributed by atoms with van der Waals surface area (Å²) in [6.45, 7) is 3.03. The third-order valence-corrected chi connectivity index (χ3v) is 0.935. The molecule has 0 bridgehead atoms. The Bertz CT molecular complexity index is 193. The van der Waals surface area contributed by atoms with Crippen molar-refractivity contribution < 1.29 is 9.63 Å². The van der Waals surface area contributed by atoms with Crippen molar-refractivity contribution in [2.75, 3.05) is 0 Å². The molecular formula is C7H10N2O2. The van der Waals surface area contributed by atoms with Crippen LogP contribution in [0.5, 0.6) is 0 Å². The SMILES string of the molecule is CC(=O)O/N=C/CC(C)C#N. The van der Waals surface area contributed by atoms with Gasteiger partial charge in [-0.25, -0.2) is 4.79 Å². The van der Waals surface area contributed by atoms with Crippen molar-refractivity contribution in [1.29, 1.82) is 5.26 Å². The maximum absolute atomic E-state index is 10.2. The lowest BCUT2D eigenvalue weighted by Gasteiger charge is -1.92. The van der Waals surface area contributed by atoms with Crippen molar-refractivity contribution in [2.24, 2.45) is 11.1 Å². The molecular weight excluding hydrogens is 144 g/mol. The fourth-order valence-electron chi connectivity index (χ4n) is 0.365. The van der Waals surface area contributed by atoms with Crippen molar-refractivity contribution in [3.8, 4) is 6.07 Å². The summed E-state index contributed by atoms with van der Waals surface area (Å²) in [6, 6.07) is 2.02. The van der Waals surface area contributed by atoms with Gasteiger partial charge in [0, 0.05) is 25.5 Å². The highest BCUT2D eigenvalue weighted by Gasteiger charge is 1.94. The van der Waals surface area contributed by atoms with Crippen molar-refractivity contribution in [2.45, 2.75) is 20.3 Å². The monoisotopic (exact) mass is 154 g/mol. The Kier molecular flexibility index (Phi) is 4.74. The number of nitrogens with zero attached hydrogens (tertiary/aromatic N) is 2. The van der Waals surface area contributed by atoms with Crippen molar-refractivity contribution in [3.63, 3.8) is 0 Å². The molecule has 0 aromatic carbocycles. The second kappa shape index (κ2) is 5.42. The Morgan fingerprint density at radius 2 is 2.55 bits per heavy atom. The molecule has 4 heteroatoms. The molecule has 0 saturated carbocycles. The van der Waals surface area contributed by atoms with Crippen LogP contribution in [0.25, 0.3) is 0 Å². The molecule has 0 aromatic rings. The number of carbonyl (C=O) groups is 1. The molecule has 0 spiro atoms. The number of carbonyl (C=O) groups excluding carboxylic acids is 1. The first-order valence-electron chi connectivity index (χ1n) is 3.26. The molecule has 60 valence electrons. The predicted octanol–water partition coefficient (Wildman–Crippen LogP) is 1.09. The van der Waals surface area contributed by atoms with Crippen LogP contribution in [-0.4, -0.2) is 12.2 Å². The average Bonchev–Trinajstić information content (AvgIpc) is 1.97. The van der Waals surface area contributed by atoms with Crippen LogP contribution in [0, 0.1) is 17.2 Å². The summed E-state index contributed by atoms with van der Waals surface area (Å²) >= 11 is 0. The van der Waals surface area contributed by atoms with Gasteiger partial charge in [0.1, 0.15) is 0 Å². The third-order valence-electron chi connectivity index (χ3n) is 0.935. The van der Waals surface area contributed by atoms with Crippen molar-refractivity contribution in [1.82, 2.24) is 0 Å². The number of hydrogen-bond donors (Lipinski definition) is 0. The molecule has 4 nitrogen and oxygen atoms in total. The first-order chi connectivity index (χ1) is 5.16. The van der Waals surface area contributed by atoms with Gasteiger partial charge in [0.15, 0.2) is 0 Å². The first-order valence-corrected chi connectivity index (χ1v) is 3.26. The largest absolute Gasteiger partial charge is 0.331 e. The zero-order valence-corrected chi connectivity index (χ0v) is 6.57. The summed E-state index contributed by atoms with van der Waals surface area (Å²) in [4.78, 5) is 14.4. The molecule has 1 atom stereocenters. The molecule has 1 unspecified atom stereocenters. The van der Waals surface area contributed by atoms with E-state index in [1.54, 1.807) is 6.92 Å². The van der Waals surface area contributed by atoms with Crippen molar-refractivity contribution >= 4 is 12.2 Å². The molecule has 0 N–H and O–H groups in total. The first kappa shape index (κ1) is 9.63. The van der Waals surface area contributed by atoms with Gasteiger partial charge in [0.2, 0.25) is 0 Å². The van der Waals surface area contributed by atoms with Gasteiger partial charge in [-0.15, -0.1) is 0 Å². The van der Waals surface area contributed by atoms with E-state index in [9.17, 15) is 4.79 Å². The summed E-state index contributed by atoms with van der Waals surface area (Å²) in [5, 5.41) is 11.7. The van der Waals surface area contributed by atoms with Gasteiger partial charge < -0.3 is 4.84 Å². The second-order valence-electron chi connectivity index (χ2n) is 2.14. The second-order valence-corrected chi connectivity index (χ2v) is 2.14. The molecule has 0 aliphatic carbocycles. The molecule has 0 aromatic heterocycles. The Labute approximate surface area is 65.4 Å². The van der Waals surface area contributed by atoms with Crippen LogP contribution in [0.3, 0.4) is 0 Å². The minimum Gasteiger partial charge on any atom is -0.319 e. The zero-order valence-electron chi connectivity index (χ0n) is 6.57. The topological polar surface area (TPSA) is 62.4 Å². The maximum Gasteiger partial charge on any atom is 0.331 e. The molecule has 11 heavy (non-hydrogen) atoms. The van der Waals surface area contributed by atoms with E-state index in [4.69, 9.17) is 5.26 Å². The lowest BCUT2D eigenvalue weighted by Crippen LogP contribution is -1.94. The normalized spacial score (nSPS) is 12.5. The van der Waals surface area contributed by atoms with Crippen LogP contribution in [0.4, 0.5) is 0 Å². The lowest BCUT2D eigenvalue weighted by atomic mass is 10.1. The minimum atomic E-state index is -0.453. The number of hydrogen-bond acceptors (Lipinski definition) is 4. The van der Waals surface area contributed by atoms with E-state index in [1.807, 2.05) is 6.07 Å². The maximum atomic E-state index is 10.2. The van der Waals surface area contributed by atoms with Crippen LogP contribution in [-0.2, 0) is 9.63 Å². The highest BCUT2D eigenvalue weighted by atomic mass is 16.7. The summed E-state index contributed by atoms with van der Waals surface area (Å²) < 4.78 is 0. The van der Waals surface area contributed by atoms with E-state index >= 15 is 0 Å². The van der Waals surface area contributed by atoms with Gasteiger partial charge in [0.05, 0.1) is 6.07 Å². The van der Waals surface area contributed by atoms with Crippen LogP contribution >= 0.6 is 0 Å². The van der Waals surface area contributed by atoms with E-state index in [2.05, 4.69) is 9.99 Å². The fraction of sp³-hybridized carbons (Fsp3) is 0.571. The third kappa shape index (κ3) is 6.52. The smallest absolute Gasteiger partial charge is 0.319 e. The Morgan fingerprint density at radius 1 is 1.91 bits per heavy atom. The molecule has 0 rings (SSSR count). The van der Waals surface area contributed by atoms with Gasteiger partial charge in [-0.05, 0) is 6.92 Å². The van der Waals surface area contributed by atoms with Gasteiger partial charge in [-0.1, -0.05) is 5.16 Å². The van der Waals surface area contributed by atoms with Gasteiger partial charge in [-0.2, -0.15) is 5.26 Å². The molecule has 0 fully saturated rings. The molecule has 0 saturated heterocycles. The Morgan fingerprint density at radius 3 is 3.00 bits per heavy atom. The number of nitriles is 1. The van der Waals surface area contributed by atoms with Crippen LogP contribution in [0.1, 0.15) is 20.3 Å². The summed E-state index contributed by atoms with van der Waals surface area (Å²) in [5.41, 5.74) is 0. The van der Waals surface area contributed by atoms with E-state index in [0.717, 1.165) is 0 Å². The highest BCUT2D eigenvalue weighted by Crippen LogP contribution is 1.95. The molecule has 0 aliphatic heterocycles.